The first kappa shape index (κ1) is 11.2. The monoisotopic (exact) mass is 197 g/mol. The Balaban J connectivity index is 2.25. The molecule has 0 N–H and O–H groups in total. The van der Waals surface area contributed by atoms with Gasteiger partial charge in [0.2, 0.25) is 0 Å². The average molecular weight is 197 g/mol. The summed E-state index contributed by atoms with van der Waals surface area (Å²) in [5.74, 6) is 0.247. The van der Waals surface area contributed by atoms with E-state index in [2.05, 4.69) is 4.90 Å². The van der Waals surface area contributed by atoms with E-state index in [0.29, 0.717) is 6.42 Å². The minimum absolute atomic E-state index is 0.247. The van der Waals surface area contributed by atoms with E-state index in [9.17, 15) is 4.79 Å². The zero-order valence-electron chi connectivity index (χ0n) is 9.25. The average Bonchev–Trinajstić information content (AvgIpc) is 2.51. The van der Waals surface area contributed by atoms with Crippen LogP contribution in [0.1, 0.15) is 26.7 Å². The van der Waals surface area contributed by atoms with Crippen LogP contribution < -0.4 is 0 Å². The van der Waals surface area contributed by atoms with Crippen LogP contribution in [-0.2, 0) is 9.53 Å². The highest BCUT2D eigenvalue weighted by atomic mass is 16.5. The molecule has 0 aliphatic heterocycles. The summed E-state index contributed by atoms with van der Waals surface area (Å²) in [6.07, 6.45) is 3.58. The largest absolute Gasteiger partial charge is 0.377 e. The SMILES string of the molecule is CC(C)OCCN(C)C1=CC(=O)CC1. The zero-order valence-corrected chi connectivity index (χ0v) is 9.25. The van der Waals surface area contributed by atoms with E-state index in [-0.39, 0.29) is 11.9 Å². The standard InChI is InChI=1S/C11H19NO2/c1-9(2)14-7-6-12(3)10-4-5-11(13)8-10/h8-9H,4-7H2,1-3H3. The molecule has 0 atom stereocenters. The number of carbonyl (C=O) groups excluding carboxylic acids is 1. The maximum atomic E-state index is 11.0. The number of ketones is 1. The number of allylic oxidation sites excluding steroid dienone is 2. The molecule has 0 aromatic heterocycles. The van der Waals surface area contributed by atoms with Crippen molar-refractivity contribution in [3.8, 4) is 0 Å². The predicted molar refractivity (Wildman–Crippen MR) is 56.0 cm³/mol. The second-order valence-electron chi connectivity index (χ2n) is 3.94. The number of ether oxygens (including phenoxy) is 1. The fourth-order valence-electron chi connectivity index (χ4n) is 1.45. The van der Waals surface area contributed by atoms with Crippen LogP contribution in [0.4, 0.5) is 0 Å². The number of carbonyl (C=O) groups is 1. The molecule has 0 aromatic carbocycles. The number of hydrogen-bond donors (Lipinski definition) is 0. The third kappa shape index (κ3) is 3.50. The summed E-state index contributed by atoms with van der Waals surface area (Å²) in [5, 5.41) is 0. The Labute approximate surface area is 85.7 Å². The summed E-state index contributed by atoms with van der Waals surface area (Å²) >= 11 is 0. The van der Waals surface area contributed by atoms with Crippen molar-refractivity contribution in [1.29, 1.82) is 0 Å². The van der Waals surface area contributed by atoms with Crippen molar-refractivity contribution in [2.24, 2.45) is 0 Å². The molecule has 0 aromatic rings. The number of likely N-dealkylation sites (N-methyl/N-ethyl adjacent to an activating group) is 1. The van der Waals surface area contributed by atoms with E-state index in [1.807, 2.05) is 20.9 Å². The van der Waals surface area contributed by atoms with Gasteiger partial charge in [0.25, 0.3) is 0 Å². The number of rotatable bonds is 5. The van der Waals surface area contributed by atoms with Crippen LogP contribution in [-0.4, -0.2) is 37.0 Å². The molecular formula is C11H19NO2. The molecule has 0 spiro atoms. The Morgan fingerprint density at radius 1 is 1.50 bits per heavy atom. The number of hydrogen-bond acceptors (Lipinski definition) is 3. The van der Waals surface area contributed by atoms with Crippen molar-refractivity contribution in [2.75, 3.05) is 20.2 Å². The summed E-state index contributed by atoms with van der Waals surface area (Å²) < 4.78 is 5.45. The fourth-order valence-corrected chi connectivity index (χ4v) is 1.45. The zero-order chi connectivity index (χ0) is 10.6. The maximum Gasteiger partial charge on any atom is 0.157 e. The predicted octanol–water partition coefficient (Wildman–Crippen LogP) is 1.59. The van der Waals surface area contributed by atoms with E-state index >= 15 is 0 Å². The number of nitrogens with zero attached hydrogens (tertiary/aromatic N) is 1. The highest BCUT2D eigenvalue weighted by Gasteiger charge is 2.14. The summed E-state index contributed by atoms with van der Waals surface area (Å²) in [6, 6.07) is 0. The molecule has 0 bridgehead atoms. The van der Waals surface area contributed by atoms with Crippen molar-refractivity contribution >= 4 is 5.78 Å². The van der Waals surface area contributed by atoms with Gasteiger partial charge in [0.1, 0.15) is 0 Å². The molecule has 1 rings (SSSR count). The smallest absolute Gasteiger partial charge is 0.157 e. The molecule has 0 saturated heterocycles. The van der Waals surface area contributed by atoms with Crippen LogP contribution in [0.25, 0.3) is 0 Å². The van der Waals surface area contributed by atoms with Gasteiger partial charge in [-0.3, -0.25) is 4.79 Å². The van der Waals surface area contributed by atoms with Crippen molar-refractivity contribution in [2.45, 2.75) is 32.8 Å². The molecule has 3 nitrogen and oxygen atoms in total. The second-order valence-corrected chi connectivity index (χ2v) is 3.94. The van der Waals surface area contributed by atoms with Crippen LogP contribution in [0, 0.1) is 0 Å². The van der Waals surface area contributed by atoms with Crippen LogP contribution >= 0.6 is 0 Å². The van der Waals surface area contributed by atoms with Crippen LogP contribution in [0.3, 0.4) is 0 Å². The van der Waals surface area contributed by atoms with E-state index in [4.69, 9.17) is 4.74 Å². The molecule has 0 heterocycles. The van der Waals surface area contributed by atoms with Gasteiger partial charge in [-0.15, -0.1) is 0 Å². The Morgan fingerprint density at radius 2 is 2.21 bits per heavy atom. The first-order valence-corrected chi connectivity index (χ1v) is 5.15. The maximum absolute atomic E-state index is 11.0. The summed E-state index contributed by atoms with van der Waals surface area (Å²) in [7, 11) is 2.01. The molecule has 0 fully saturated rings. The second kappa shape index (κ2) is 5.15. The third-order valence-electron chi connectivity index (χ3n) is 2.32. The van der Waals surface area contributed by atoms with E-state index in [1.165, 1.54) is 0 Å². The normalized spacial score (nSPS) is 16.3. The van der Waals surface area contributed by atoms with Gasteiger partial charge in [0.15, 0.2) is 5.78 Å². The van der Waals surface area contributed by atoms with Crippen molar-refractivity contribution in [3.63, 3.8) is 0 Å². The van der Waals surface area contributed by atoms with Gasteiger partial charge in [-0.1, -0.05) is 0 Å². The van der Waals surface area contributed by atoms with Crippen LogP contribution in [0.5, 0.6) is 0 Å². The topological polar surface area (TPSA) is 29.5 Å². The molecule has 0 amide bonds. The van der Waals surface area contributed by atoms with Gasteiger partial charge >= 0.3 is 0 Å². The van der Waals surface area contributed by atoms with Gasteiger partial charge in [-0.05, 0) is 20.3 Å². The van der Waals surface area contributed by atoms with Gasteiger partial charge in [-0.2, -0.15) is 0 Å². The first-order valence-electron chi connectivity index (χ1n) is 5.15. The quantitative estimate of drug-likeness (QED) is 0.670. The molecule has 1 aliphatic carbocycles. The lowest BCUT2D eigenvalue weighted by atomic mass is 10.3. The van der Waals surface area contributed by atoms with E-state index in [0.717, 1.165) is 25.3 Å². The first-order chi connectivity index (χ1) is 6.59. The minimum Gasteiger partial charge on any atom is -0.377 e. The van der Waals surface area contributed by atoms with Gasteiger partial charge in [0, 0.05) is 31.8 Å². The van der Waals surface area contributed by atoms with Gasteiger partial charge < -0.3 is 9.64 Å². The molecule has 3 heteroatoms. The molecule has 0 unspecified atom stereocenters. The van der Waals surface area contributed by atoms with E-state index in [1.54, 1.807) is 6.08 Å². The lowest BCUT2D eigenvalue weighted by molar-refractivity contribution is -0.114. The van der Waals surface area contributed by atoms with E-state index < -0.39 is 0 Å². The Bertz CT molecular complexity index is 233. The summed E-state index contributed by atoms with van der Waals surface area (Å²) in [5.41, 5.74) is 1.14. The van der Waals surface area contributed by atoms with Gasteiger partial charge in [-0.25, -0.2) is 0 Å². The van der Waals surface area contributed by atoms with Crippen molar-refractivity contribution in [3.05, 3.63) is 11.8 Å². The Morgan fingerprint density at radius 3 is 2.71 bits per heavy atom. The van der Waals surface area contributed by atoms with Gasteiger partial charge in [0.05, 0.1) is 12.7 Å². The molecule has 80 valence electrons. The molecule has 0 saturated carbocycles. The molecule has 1 aliphatic rings. The highest BCUT2D eigenvalue weighted by molar-refractivity contribution is 5.92. The lowest BCUT2D eigenvalue weighted by Crippen LogP contribution is -2.23. The fraction of sp³-hybridized carbons (Fsp3) is 0.727. The van der Waals surface area contributed by atoms with Crippen molar-refractivity contribution < 1.29 is 9.53 Å². The lowest BCUT2D eigenvalue weighted by Gasteiger charge is -2.20. The molecular weight excluding hydrogens is 178 g/mol. The molecule has 14 heavy (non-hydrogen) atoms. The van der Waals surface area contributed by atoms with Crippen LogP contribution in [0.2, 0.25) is 0 Å². The van der Waals surface area contributed by atoms with Crippen LogP contribution in [0.15, 0.2) is 11.8 Å². The minimum atomic E-state index is 0.247. The third-order valence-corrected chi connectivity index (χ3v) is 2.32. The highest BCUT2D eigenvalue weighted by Crippen LogP contribution is 2.17. The Kier molecular flexibility index (Phi) is 4.14. The molecule has 0 radical (unpaired) electrons. The summed E-state index contributed by atoms with van der Waals surface area (Å²) in [6.45, 7) is 5.63. The summed E-state index contributed by atoms with van der Waals surface area (Å²) in [4.78, 5) is 13.1. The Hall–Kier alpha value is -0.830. The van der Waals surface area contributed by atoms with Crippen molar-refractivity contribution in [1.82, 2.24) is 4.90 Å².